The molecule has 2 aromatic rings. The van der Waals surface area contributed by atoms with Gasteiger partial charge in [0.25, 0.3) is 5.91 Å². The zero-order valence-electron chi connectivity index (χ0n) is 10.4. The Kier molecular flexibility index (Phi) is 4.82. The summed E-state index contributed by atoms with van der Waals surface area (Å²) >= 11 is 7.97. The summed E-state index contributed by atoms with van der Waals surface area (Å²) in [6.45, 7) is 2.04. The molecule has 0 radical (unpaired) electrons. The first-order chi connectivity index (χ1) is 9.10. The summed E-state index contributed by atoms with van der Waals surface area (Å²) in [7, 11) is 0. The molecule has 0 aliphatic heterocycles. The van der Waals surface area contributed by atoms with Gasteiger partial charge in [-0.2, -0.15) is 0 Å². The Morgan fingerprint density at radius 3 is 2.47 bits per heavy atom. The predicted molar refractivity (Wildman–Crippen MR) is 87.8 cm³/mol. The van der Waals surface area contributed by atoms with Crippen LogP contribution in [0.5, 0.6) is 0 Å². The first-order valence-corrected chi connectivity index (χ1v) is 7.44. The van der Waals surface area contributed by atoms with Crippen LogP contribution in [0.2, 0.25) is 0 Å². The summed E-state index contributed by atoms with van der Waals surface area (Å²) < 4.78 is 1.13. The molecular weight excluding hydrogens is 373 g/mol. The van der Waals surface area contributed by atoms with E-state index in [2.05, 4.69) is 27.9 Å². The third kappa shape index (κ3) is 3.70. The quantitative estimate of drug-likeness (QED) is 0.607. The number of benzene rings is 2. The highest BCUT2D eigenvalue weighted by Gasteiger charge is 2.06. The van der Waals surface area contributed by atoms with Crippen LogP contribution in [0.1, 0.15) is 21.5 Å². The molecule has 0 atom stereocenters. The van der Waals surface area contributed by atoms with Gasteiger partial charge in [0.1, 0.15) is 0 Å². The molecule has 2 rings (SSSR count). The molecular formula is C15H13ClINO. The largest absolute Gasteiger partial charge is 0.322 e. The third-order valence-corrected chi connectivity index (χ3v) is 4.27. The van der Waals surface area contributed by atoms with Gasteiger partial charge in [0.15, 0.2) is 0 Å². The van der Waals surface area contributed by atoms with Crippen LogP contribution in [0, 0.1) is 10.5 Å². The van der Waals surface area contributed by atoms with Gasteiger partial charge in [-0.25, -0.2) is 0 Å². The molecule has 0 aliphatic rings. The fourth-order valence-electron chi connectivity index (χ4n) is 1.62. The molecule has 19 heavy (non-hydrogen) atoms. The molecule has 0 aromatic heterocycles. The van der Waals surface area contributed by atoms with Crippen LogP contribution in [0.3, 0.4) is 0 Å². The summed E-state index contributed by atoms with van der Waals surface area (Å²) in [5.74, 6) is 0.346. The van der Waals surface area contributed by atoms with Crippen molar-refractivity contribution in [2.45, 2.75) is 12.8 Å². The Morgan fingerprint density at radius 2 is 1.89 bits per heavy atom. The molecule has 4 heteroatoms. The Hall–Kier alpha value is -1.07. The maximum absolute atomic E-state index is 12.1. The van der Waals surface area contributed by atoms with Crippen LogP contribution >= 0.6 is 34.2 Å². The van der Waals surface area contributed by atoms with Crippen molar-refractivity contribution in [1.29, 1.82) is 0 Å². The van der Waals surface area contributed by atoms with Crippen molar-refractivity contribution in [3.05, 3.63) is 62.7 Å². The van der Waals surface area contributed by atoms with Crippen molar-refractivity contribution in [3.63, 3.8) is 0 Å². The molecule has 98 valence electrons. The number of anilines is 1. The molecule has 0 unspecified atom stereocenters. The van der Waals surface area contributed by atoms with Crippen LogP contribution in [-0.4, -0.2) is 5.91 Å². The lowest BCUT2D eigenvalue weighted by Crippen LogP contribution is -2.12. The lowest BCUT2D eigenvalue weighted by atomic mass is 10.1. The fraction of sp³-hybridized carbons (Fsp3) is 0.133. The number of carbonyl (C=O) groups excluding carboxylic acids is 1. The second-order valence-electron chi connectivity index (χ2n) is 4.25. The number of hydrogen-bond acceptors (Lipinski definition) is 1. The van der Waals surface area contributed by atoms with Crippen LogP contribution in [0.4, 0.5) is 5.69 Å². The van der Waals surface area contributed by atoms with Crippen molar-refractivity contribution < 1.29 is 4.79 Å². The van der Waals surface area contributed by atoms with Crippen molar-refractivity contribution in [2.24, 2.45) is 0 Å². The van der Waals surface area contributed by atoms with E-state index in [0.717, 1.165) is 14.8 Å². The lowest BCUT2D eigenvalue weighted by Gasteiger charge is -2.07. The Morgan fingerprint density at radius 1 is 1.21 bits per heavy atom. The van der Waals surface area contributed by atoms with Gasteiger partial charge in [0, 0.05) is 20.7 Å². The van der Waals surface area contributed by atoms with E-state index in [-0.39, 0.29) is 5.91 Å². The van der Waals surface area contributed by atoms with Crippen molar-refractivity contribution >= 4 is 45.8 Å². The van der Waals surface area contributed by atoms with E-state index in [9.17, 15) is 4.79 Å². The van der Waals surface area contributed by atoms with Crippen LogP contribution in [-0.2, 0) is 5.88 Å². The van der Waals surface area contributed by atoms with Gasteiger partial charge in [0.2, 0.25) is 0 Å². The Balaban J connectivity index is 2.13. The van der Waals surface area contributed by atoms with E-state index in [1.54, 1.807) is 12.1 Å². The first-order valence-electron chi connectivity index (χ1n) is 5.82. The average Bonchev–Trinajstić information content (AvgIpc) is 2.43. The van der Waals surface area contributed by atoms with Gasteiger partial charge in [-0.15, -0.1) is 11.6 Å². The third-order valence-electron chi connectivity index (χ3n) is 2.80. The molecule has 0 bridgehead atoms. The molecule has 0 saturated heterocycles. The topological polar surface area (TPSA) is 29.1 Å². The Bertz CT molecular complexity index is 596. The monoisotopic (exact) mass is 385 g/mol. The minimum atomic E-state index is -0.110. The summed E-state index contributed by atoms with van der Waals surface area (Å²) in [6, 6.07) is 13.2. The normalized spacial score (nSPS) is 10.3. The minimum Gasteiger partial charge on any atom is -0.322 e. The fourth-order valence-corrected chi connectivity index (χ4v) is 2.31. The van der Waals surface area contributed by atoms with E-state index in [0.29, 0.717) is 11.4 Å². The number of aryl methyl sites for hydroxylation is 1. The maximum atomic E-state index is 12.1. The molecule has 2 aromatic carbocycles. The SMILES string of the molecule is Cc1ccc(NC(=O)c2ccc(CCl)cc2)cc1I. The molecule has 1 N–H and O–H groups in total. The number of alkyl halides is 1. The first kappa shape index (κ1) is 14.3. The van der Waals surface area contributed by atoms with Gasteiger partial charge in [-0.05, 0) is 64.9 Å². The average molecular weight is 386 g/mol. The maximum Gasteiger partial charge on any atom is 0.255 e. The van der Waals surface area contributed by atoms with E-state index in [4.69, 9.17) is 11.6 Å². The highest BCUT2D eigenvalue weighted by molar-refractivity contribution is 14.1. The highest BCUT2D eigenvalue weighted by atomic mass is 127. The number of nitrogens with one attached hydrogen (secondary N) is 1. The molecule has 0 fully saturated rings. The lowest BCUT2D eigenvalue weighted by molar-refractivity contribution is 0.102. The number of hydrogen-bond donors (Lipinski definition) is 1. The molecule has 2 nitrogen and oxygen atoms in total. The van der Waals surface area contributed by atoms with Crippen LogP contribution < -0.4 is 5.32 Å². The molecule has 0 heterocycles. The standard InChI is InChI=1S/C15H13ClINO/c1-10-2-7-13(8-14(10)17)18-15(19)12-5-3-11(9-16)4-6-12/h2-8H,9H2,1H3,(H,18,19). The van der Waals surface area contributed by atoms with Gasteiger partial charge in [-0.3, -0.25) is 4.79 Å². The van der Waals surface area contributed by atoms with Gasteiger partial charge >= 0.3 is 0 Å². The number of amides is 1. The second-order valence-corrected chi connectivity index (χ2v) is 5.68. The summed E-state index contributed by atoms with van der Waals surface area (Å²) in [5, 5.41) is 2.89. The molecule has 0 spiro atoms. The van der Waals surface area contributed by atoms with Crippen molar-refractivity contribution in [3.8, 4) is 0 Å². The predicted octanol–water partition coefficient (Wildman–Crippen LogP) is 4.59. The smallest absolute Gasteiger partial charge is 0.255 e. The van der Waals surface area contributed by atoms with Crippen molar-refractivity contribution in [1.82, 2.24) is 0 Å². The van der Waals surface area contributed by atoms with Crippen LogP contribution in [0.25, 0.3) is 0 Å². The Labute approximate surface area is 131 Å². The minimum absolute atomic E-state index is 0.110. The molecule has 0 aliphatic carbocycles. The van der Waals surface area contributed by atoms with Gasteiger partial charge in [0.05, 0.1) is 0 Å². The zero-order valence-corrected chi connectivity index (χ0v) is 13.3. The van der Waals surface area contributed by atoms with Crippen LogP contribution in [0.15, 0.2) is 42.5 Å². The summed E-state index contributed by atoms with van der Waals surface area (Å²) in [4.78, 5) is 12.1. The van der Waals surface area contributed by atoms with E-state index in [1.807, 2.05) is 37.3 Å². The zero-order chi connectivity index (χ0) is 13.8. The van der Waals surface area contributed by atoms with E-state index in [1.165, 1.54) is 5.56 Å². The van der Waals surface area contributed by atoms with E-state index < -0.39 is 0 Å². The van der Waals surface area contributed by atoms with Crippen molar-refractivity contribution in [2.75, 3.05) is 5.32 Å². The second kappa shape index (κ2) is 6.39. The highest BCUT2D eigenvalue weighted by Crippen LogP contribution is 2.18. The number of rotatable bonds is 3. The van der Waals surface area contributed by atoms with Gasteiger partial charge in [-0.1, -0.05) is 18.2 Å². The van der Waals surface area contributed by atoms with Gasteiger partial charge < -0.3 is 5.32 Å². The molecule has 1 amide bonds. The van der Waals surface area contributed by atoms with E-state index >= 15 is 0 Å². The number of halogens is 2. The summed E-state index contributed by atoms with van der Waals surface area (Å²) in [5.41, 5.74) is 3.64. The summed E-state index contributed by atoms with van der Waals surface area (Å²) in [6.07, 6.45) is 0. The number of carbonyl (C=O) groups is 1. The molecule has 0 saturated carbocycles.